The third kappa shape index (κ3) is 3.69. The van der Waals surface area contributed by atoms with Gasteiger partial charge in [-0.2, -0.15) is 0 Å². The number of hydrogen-bond donors (Lipinski definition) is 1. The number of aromatic nitrogens is 2. The van der Waals surface area contributed by atoms with Crippen LogP contribution in [0.3, 0.4) is 0 Å². The van der Waals surface area contributed by atoms with Gasteiger partial charge in [0.05, 0.1) is 11.7 Å². The standard InChI is InChI=1S/C22H22BrN3O2/c1-14(2)28-20-12-16(23)5-6-18(20)22(27)26-10-7-15(8-11-26)19-13-25-21-17(19)4-3-9-24-21/h3-7,9,12-14H,8,10-11H2,1-2H3,(H,24,25). The van der Waals surface area contributed by atoms with Crippen molar-refractivity contribution in [3.8, 4) is 5.75 Å². The van der Waals surface area contributed by atoms with E-state index in [1.807, 2.05) is 49.2 Å². The van der Waals surface area contributed by atoms with Gasteiger partial charge in [0.1, 0.15) is 11.4 Å². The van der Waals surface area contributed by atoms with Crippen LogP contribution < -0.4 is 4.74 Å². The lowest BCUT2D eigenvalue weighted by Gasteiger charge is -2.27. The van der Waals surface area contributed by atoms with Crippen LogP contribution in [0.2, 0.25) is 0 Å². The van der Waals surface area contributed by atoms with Gasteiger partial charge in [-0.15, -0.1) is 0 Å². The van der Waals surface area contributed by atoms with Crippen molar-refractivity contribution in [2.75, 3.05) is 13.1 Å². The fourth-order valence-electron chi connectivity index (χ4n) is 3.51. The molecule has 0 saturated carbocycles. The number of hydrogen-bond acceptors (Lipinski definition) is 3. The minimum atomic E-state index is -0.000886. The van der Waals surface area contributed by atoms with Crippen molar-refractivity contribution in [3.05, 3.63) is 64.4 Å². The van der Waals surface area contributed by atoms with Crippen LogP contribution in [0.1, 0.15) is 36.2 Å². The van der Waals surface area contributed by atoms with E-state index in [4.69, 9.17) is 4.74 Å². The fourth-order valence-corrected chi connectivity index (χ4v) is 3.85. The zero-order chi connectivity index (χ0) is 19.7. The molecule has 0 spiro atoms. The normalized spacial score (nSPS) is 14.4. The molecule has 3 heterocycles. The Balaban J connectivity index is 1.56. The first kappa shape index (κ1) is 18.7. The highest BCUT2D eigenvalue weighted by Crippen LogP contribution is 2.30. The molecule has 1 amide bonds. The minimum absolute atomic E-state index is 0.000886. The molecule has 0 bridgehead atoms. The second kappa shape index (κ2) is 7.80. The third-order valence-corrected chi connectivity index (χ3v) is 5.32. The number of aromatic amines is 1. The molecule has 0 saturated heterocycles. The Kier molecular flexibility index (Phi) is 5.22. The lowest BCUT2D eigenvalue weighted by atomic mass is 9.99. The fraction of sp³-hybridized carbons (Fsp3) is 0.273. The minimum Gasteiger partial charge on any atom is -0.490 e. The Morgan fingerprint density at radius 1 is 1.32 bits per heavy atom. The zero-order valence-corrected chi connectivity index (χ0v) is 17.5. The molecule has 0 unspecified atom stereocenters. The van der Waals surface area contributed by atoms with Crippen LogP contribution in [0.5, 0.6) is 5.75 Å². The summed E-state index contributed by atoms with van der Waals surface area (Å²) in [6.07, 6.45) is 6.74. The molecule has 144 valence electrons. The van der Waals surface area contributed by atoms with Gasteiger partial charge in [0.25, 0.3) is 5.91 Å². The number of benzene rings is 1. The first-order valence-electron chi connectivity index (χ1n) is 9.40. The lowest BCUT2D eigenvalue weighted by molar-refractivity contribution is 0.0766. The van der Waals surface area contributed by atoms with Gasteiger partial charge in [-0.05, 0) is 56.2 Å². The summed E-state index contributed by atoms with van der Waals surface area (Å²) >= 11 is 3.46. The topological polar surface area (TPSA) is 58.2 Å². The third-order valence-electron chi connectivity index (χ3n) is 4.83. The van der Waals surface area contributed by atoms with Crippen LogP contribution in [-0.2, 0) is 0 Å². The summed E-state index contributed by atoms with van der Waals surface area (Å²) in [4.78, 5) is 22.5. The quantitative estimate of drug-likeness (QED) is 0.618. The monoisotopic (exact) mass is 439 g/mol. The van der Waals surface area contributed by atoms with Crippen LogP contribution in [0.15, 0.2) is 53.3 Å². The molecule has 28 heavy (non-hydrogen) atoms. The summed E-state index contributed by atoms with van der Waals surface area (Å²) in [6.45, 7) is 5.18. The van der Waals surface area contributed by atoms with Crippen LogP contribution in [0.25, 0.3) is 16.6 Å². The molecule has 1 N–H and O–H groups in total. The summed E-state index contributed by atoms with van der Waals surface area (Å²) in [5.74, 6) is 0.617. The van der Waals surface area contributed by atoms with Gasteiger partial charge < -0.3 is 14.6 Å². The molecule has 1 aliphatic rings. The molecule has 4 rings (SSSR count). The molecule has 0 atom stereocenters. The van der Waals surface area contributed by atoms with E-state index in [9.17, 15) is 4.79 Å². The van der Waals surface area contributed by atoms with E-state index < -0.39 is 0 Å². The van der Waals surface area contributed by atoms with Crippen molar-refractivity contribution < 1.29 is 9.53 Å². The molecule has 0 aliphatic carbocycles. The second-order valence-electron chi connectivity index (χ2n) is 7.14. The Labute approximate surface area is 172 Å². The van der Waals surface area contributed by atoms with Crippen molar-refractivity contribution in [1.29, 1.82) is 0 Å². The summed E-state index contributed by atoms with van der Waals surface area (Å²) in [7, 11) is 0. The van der Waals surface area contributed by atoms with E-state index in [-0.39, 0.29) is 12.0 Å². The number of nitrogens with one attached hydrogen (secondary N) is 1. The van der Waals surface area contributed by atoms with Gasteiger partial charge in [-0.3, -0.25) is 4.79 Å². The number of rotatable bonds is 4. The SMILES string of the molecule is CC(C)Oc1cc(Br)ccc1C(=O)N1CC=C(c2c[nH]c3ncccc23)CC1. The van der Waals surface area contributed by atoms with Gasteiger partial charge in [0, 0.05) is 40.9 Å². The summed E-state index contributed by atoms with van der Waals surface area (Å²) in [5.41, 5.74) is 3.91. The molecule has 2 aromatic heterocycles. The Hall–Kier alpha value is -2.60. The van der Waals surface area contributed by atoms with E-state index in [0.717, 1.165) is 21.9 Å². The van der Waals surface area contributed by atoms with E-state index in [1.165, 1.54) is 11.1 Å². The zero-order valence-electron chi connectivity index (χ0n) is 15.9. The number of H-pyrrole nitrogens is 1. The highest BCUT2D eigenvalue weighted by molar-refractivity contribution is 9.10. The molecule has 3 aromatic rings. The largest absolute Gasteiger partial charge is 0.490 e. The number of amides is 1. The maximum absolute atomic E-state index is 13.1. The number of nitrogens with zero attached hydrogens (tertiary/aromatic N) is 2. The average Bonchev–Trinajstić information content (AvgIpc) is 3.11. The maximum atomic E-state index is 13.1. The Morgan fingerprint density at radius 3 is 2.93 bits per heavy atom. The van der Waals surface area contributed by atoms with Crippen molar-refractivity contribution in [2.45, 2.75) is 26.4 Å². The number of pyridine rings is 1. The predicted octanol–water partition coefficient (Wildman–Crippen LogP) is 5.04. The smallest absolute Gasteiger partial charge is 0.257 e. The van der Waals surface area contributed by atoms with Crippen LogP contribution >= 0.6 is 15.9 Å². The first-order chi connectivity index (χ1) is 13.5. The average molecular weight is 440 g/mol. The maximum Gasteiger partial charge on any atom is 0.257 e. The van der Waals surface area contributed by atoms with Crippen molar-refractivity contribution in [3.63, 3.8) is 0 Å². The highest BCUT2D eigenvalue weighted by atomic mass is 79.9. The molecule has 6 heteroatoms. The summed E-state index contributed by atoms with van der Waals surface area (Å²) in [5, 5.41) is 1.12. The molecule has 0 fully saturated rings. The van der Waals surface area contributed by atoms with Crippen LogP contribution in [0, 0.1) is 0 Å². The number of carbonyl (C=O) groups excluding carboxylic acids is 1. The van der Waals surface area contributed by atoms with E-state index in [0.29, 0.717) is 24.4 Å². The first-order valence-corrected chi connectivity index (χ1v) is 10.2. The Bertz CT molecular complexity index is 1050. The van der Waals surface area contributed by atoms with Crippen molar-refractivity contribution in [1.82, 2.24) is 14.9 Å². The van der Waals surface area contributed by atoms with Gasteiger partial charge in [0.15, 0.2) is 0 Å². The number of fused-ring (bicyclic) bond motifs is 1. The number of halogens is 1. The van der Waals surface area contributed by atoms with E-state index in [2.05, 4.69) is 38.0 Å². The molecular weight excluding hydrogens is 418 g/mol. The molecule has 1 aliphatic heterocycles. The van der Waals surface area contributed by atoms with Crippen LogP contribution in [-0.4, -0.2) is 40.0 Å². The molecule has 5 nitrogen and oxygen atoms in total. The van der Waals surface area contributed by atoms with Gasteiger partial charge >= 0.3 is 0 Å². The Morgan fingerprint density at radius 2 is 2.18 bits per heavy atom. The van der Waals surface area contributed by atoms with Crippen molar-refractivity contribution in [2.24, 2.45) is 0 Å². The second-order valence-corrected chi connectivity index (χ2v) is 8.06. The van der Waals surface area contributed by atoms with Gasteiger partial charge in [-0.1, -0.05) is 22.0 Å². The van der Waals surface area contributed by atoms with Crippen LogP contribution in [0.4, 0.5) is 0 Å². The van der Waals surface area contributed by atoms with E-state index in [1.54, 1.807) is 6.20 Å². The lowest BCUT2D eigenvalue weighted by Crippen LogP contribution is -2.35. The summed E-state index contributed by atoms with van der Waals surface area (Å²) < 4.78 is 6.76. The van der Waals surface area contributed by atoms with Gasteiger partial charge in [0.2, 0.25) is 0 Å². The molecule has 1 aromatic carbocycles. The predicted molar refractivity (Wildman–Crippen MR) is 114 cm³/mol. The summed E-state index contributed by atoms with van der Waals surface area (Å²) in [6, 6.07) is 9.59. The van der Waals surface area contributed by atoms with E-state index >= 15 is 0 Å². The van der Waals surface area contributed by atoms with Gasteiger partial charge in [-0.25, -0.2) is 4.98 Å². The van der Waals surface area contributed by atoms with Crippen molar-refractivity contribution >= 4 is 38.4 Å². The highest BCUT2D eigenvalue weighted by Gasteiger charge is 2.23. The molecular formula is C22H22BrN3O2. The molecule has 0 radical (unpaired) electrons. The number of ether oxygens (including phenoxy) is 1. The number of carbonyl (C=O) groups is 1.